The summed E-state index contributed by atoms with van der Waals surface area (Å²) in [6, 6.07) is 15.3. The van der Waals surface area contributed by atoms with Crippen molar-refractivity contribution in [3.8, 4) is 34.5 Å². The zero-order chi connectivity index (χ0) is 36.9. The van der Waals surface area contributed by atoms with E-state index in [1.54, 1.807) is 49.5 Å². The number of carbonyl (C=O) groups is 3. The number of carbonyl (C=O) groups excluding carboxylic acids is 2. The highest BCUT2D eigenvalue weighted by molar-refractivity contribution is 5.89. The lowest BCUT2D eigenvalue weighted by Crippen LogP contribution is -2.50. The fraction of sp³-hybridized carbons (Fsp3) is 0.462. The first-order valence-corrected chi connectivity index (χ1v) is 17.1. The number of nitrogens with zero attached hydrogens (tertiary/aromatic N) is 1. The Morgan fingerprint density at radius 3 is 2.14 bits per heavy atom. The van der Waals surface area contributed by atoms with E-state index >= 15 is 0 Å². The van der Waals surface area contributed by atoms with E-state index in [4.69, 9.17) is 38.3 Å². The van der Waals surface area contributed by atoms with Crippen LogP contribution in [0.25, 0.3) is 0 Å². The van der Waals surface area contributed by atoms with Crippen LogP contribution in [-0.2, 0) is 25.5 Å². The highest BCUT2D eigenvalue weighted by Gasteiger charge is 2.38. The lowest BCUT2D eigenvalue weighted by Gasteiger charge is -2.37. The Kier molecular flexibility index (Phi) is 14.2. The van der Waals surface area contributed by atoms with Crippen molar-refractivity contribution in [2.24, 2.45) is 0 Å². The van der Waals surface area contributed by atoms with Gasteiger partial charge in [0.05, 0.1) is 41.5 Å². The molecule has 1 heterocycles. The van der Waals surface area contributed by atoms with Gasteiger partial charge in [0.2, 0.25) is 11.7 Å². The largest absolute Gasteiger partial charge is 0.493 e. The molecule has 4 rings (SSSR count). The quantitative estimate of drug-likeness (QED) is 0.148. The number of carboxylic acid groups (broad SMARTS) is 1. The van der Waals surface area contributed by atoms with Crippen LogP contribution >= 0.6 is 0 Å². The Hall–Kier alpha value is -5.13. The molecule has 12 nitrogen and oxygen atoms in total. The number of hydrogen-bond acceptors (Lipinski definition) is 10. The summed E-state index contributed by atoms with van der Waals surface area (Å²) in [5, 5.41) is 9.13. The molecule has 1 N–H and O–H groups in total. The van der Waals surface area contributed by atoms with E-state index in [0.29, 0.717) is 77.9 Å². The maximum Gasteiger partial charge on any atom is 0.341 e. The summed E-state index contributed by atoms with van der Waals surface area (Å²) in [5.41, 5.74) is 2.29. The van der Waals surface area contributed by atoms with Gasteiger partial charge >= 0.3 is 11.9 Å². The number of methoxy groups -OCH3 is 5. The van der Waals surface area contributed by atoms with Gasteiger partial charge in [-0.25, -0.2) is 9.59 Å². The van der Waals surface area contributed by atoms with Gasteiger partial charge in [-0.05, 0) is 91.6 Å². The molecule has 1 fully saturated rings. The number of carboxylic acids is 1. The van der Waals surface area contributed by atoms with Crippen molar-refractivity contribution in [1.82, 2.24) is 4.90 Å². The Labute approximate surface area is 299 Å². The molecule has 51 heavy (non-hydrogen) atoms. The van der Waals surface area contributed by atoms with E-state index in [1.807, 2.05) is 31.2 Å². The Morgan fingerprint density at radius 1 is 0.804 bits per heavy atom. The molecule has 1 aliphatic heterocycles. The minimum Gasteiger partial charge on any atom is -0.493 e. The van der Waals surface area contributed by atoms with Crippen molar-refractivity contribution >= 4 is 17.8 Å². The third kappa shape index (κ3) is 9.77. The molecule has 0 aliphatic carbocycles. The van der Waals surface area contributed by atoms with Crippen molar-refractivity contribution in [2.45, 2.75) is 69.9 Å². The number of likely N-dealkylation sites (tertiary alicyclic amines) is 1. The second kappa shape index (κ2) is 18.7. The average Bonchev–Trinajstić information content (AvgIpc) is 3.16. The van der Waals surface area contributed by atoms with Gasteiger partial charge in [0.15, 0.2) is 29.6 Å². The number of aliphatic carboxylic acids is 1. The number of rotatable bonds is 18. The van der Waals surface area contributed by atoms with Gasteiger partial charge in [0, 0.05) is 6.54 Å². The highest BCUT2D eigenvalue weighted by atomic mass is 16.5. The minimum absolute atomic E-state index is 0.168. The van der Waals surface area contributed by atoms with E-state index in [2.05, 4.69) is 0 Å². The minimum atomic E-state index is -1.10. The van der Waals surface area contributed by atoms with Crippen molar-refractivity contribution in [3.63, 3.8) is 0 Å². The zero-order valence-corrected chi connectivity index (χ0v) is 30.3. The number of amides is 1. The second-order valence-electron chi connectivity index (χ2n) is 12.3. The Bertz CT molecular complexity index is 1620. The molecule has 3 aromatic rings. The van der Waals surface area contributed by atoms with E-state index in [1.165, 1.54) is 21.3 Å². The monoisotopic (exact) mass is 707 g/mol. The number of esters is 1. The van der Waals surface area contributed by atoms with Crippen LogP contribution in [0.2, 0.25) is 0 Å². The lowest BCUT2D eigenvalue weighted by atomic mass is 9.90. The van der Waals surface area contributed by atoms with Crippen LogP contribution in [0.4, 0.5) is 0 Å². The number of piperidine rings is 1. The second-order valence-corrected chi connectivity index (χ2v) is 12.3. The molecule has 0 radical (unpaired) electrons. The normalized spacial score (nSPS) is 15.3. The molecule has 0 saturated carbocycles. The van der Waals surface area contributed by atoms with E-state index in [-0.39, 0.29) is 5.91 Å². The lowest BCUT2D eigenvalue weighted by molar-refractivity contribution is -0.162. The van der Waals surface area contributed by atoms with Crippen LogP contribution in [-0.4, -0.2) is 82.6 Å². The van der Waals surface area contributed by atoms with Crippen molar-refractivity contribution in [1.29, 1.82) is 0 Å². The Balaban J connectivity index is 1.63. The number of aryl methyl sites for hydroxylation is 1. The molecule has 276 valence electrons. The molecule has 12 heteroatoms. The van der Waals surface area contributed by atoms with E-state index in [0.717, 1.165) is 24.8 Å². The van der Waals surface area contributed by atoms with Crippen LogP contribution in [0.15, 0.2) is 54.6 Å². The first kappa shape index (κ1) is 38.7. The first-order chi connectivity index (χ1) is 24.7. The molecule has 0 aromatic heterocycles. The fourth-order valence-corrected chi connectivity index (χ4v) is 6.46. The third-order valence-electron chi connectivity index (χ3n) is 9.02. The topological polar surface area (TPSA) is 139 Å². The summed E-state index contributed by atoms with van der Waals surface area (Å²) in [7, 11) is 7.73. The third-order valence-corrected chi connectivity index (χ3v) is 9.02. The van der Waals surface area contributed by atoms with Crippen LogP contribution in [0.1, 0.15) is 74.2 Å². The fourth-order valence-electron chi connectivity index (χ4n) is 6.46. The Morgan fingerprint density at radius 2 is 1.51 bits per heavy atom. The van der Waals surface area contributed by atoms with Crippen molar-refractivity contribution < 1.29 is 52.6 Å². The summed E-state index contributed by atoms with van der Waals surface area (Å²) in [5.74, 6) is 0.514. The van der Waals surface area contributed by atoms with E-state index in [9.17, 15) is 14.4 Å². The predicted octanol–water partition coefficient (Wildman–Crippen LogP) is 6.38. The maximum atomic E-state index is 14.4. The van der Waals surface area contributed by atoms with Crippen LogP contribution < -0.4 is 28.4 Å². The van der Waals surface area contributed by atoms with Gasteiger partial charge in [0.1, 0.15) is 17.9 Å². The highest BCUT2D eigenvalue weighted by Crippen LogP contribution is 2.42. The summed E-state index contributed by atoms with van der Waals surface area (Å²) >= 11 is 0. The summed E-state index contributed by atoms with van der Waals surface area (Å²) in [6.45, 7) is 1.92. The van der Waals surface area contributed by atoms with Gasteiger partial charge in [-0.2, -0.15) is 0 Å². The number of ether oxygens (including phenoxy) is 7. The van der Waals surface area contributed by atoms with Crippen molar-refractivity contribution in [3.05, 3.63) is 71.3 Å². The molecule has 3 aromatic carbocycles. The van der Waals surface area contributed by atoms with Gasteiger partial charge in [-0.3, -0.25) is 4.79 Å². The predicted molar refractivity (Wildman–Crippen MR) is 189 cm³/mol. The van der Waals surface area contributed by atoms with Crippen LogP contribution in [0.5, 0.6) is 34.5 Å². The van der Waals surface area contributed by atoms with Crippen molar-refractivity contribution in [2.75, 3.05) is 48.7 Å². The molecule has 0 bridgehead atoms. The van der Waals surface area contributed by atoms with Gasteiger partial charge in [-0.1, -0.05) is 31.5 Å². The maximum absolute atomic E-state index is 14.4. The molecule has 0 spiro atoms. The van der Waals surface area contributed by atoms with Crippen LogP contribution in [0, 0.1) is 0 Å². The number of hydrogen-bond donors (Lipinski definition) is 1. The van der Waals surface area contributed by atoms with Gasteiger partial charge < -0.3 is 43.2 Å². The molecular weight excluding hydrogens is 658 g/mol. The molecular formula is C39H49NO11. The summed E-state index contributed by atoms with van der Waals surface area (Å²) < 4.78 is 39.2. The van der Waals surface area contributed by atoms with Crippen LogP contribution in [0.3, 0.4) is 0 Å². The number of benzene rings is 3. The van der Waals surface area contributed by atoms with Gasteiger partial charge in [0.25, 0.3) is 0 Å². The SMILES string of the molecule is CCC[C@H](C(=O)N1CCCC[C@H]1C(=O)O[C@H](CCc1ccc(OC)c(OC)c1)c1cccc(OCC(=O)O)c1)c1cc(OC)c(OC)c(OC)c1. The zero-order valence-electron chi connectivity index (χ0n) is 30.3. The average molecular weight is 708 g/mol. The molecule has 1 saturated heterocycles. The smallest absolute Gasteiger partial charge is 0.341 e. The van der Waals surface area contributed by atoms with E-state index < -0.39 is 36.6 Å². The molecule has 1 aliphatic rings. The summed E-state index contributed by atoms with van der Waals surface area (Å²) in [6.07, 6.45) is 3.46. The molecule has 3 atom stereocenters. The van der Waals surface area contributed by atoms with Gasteiger partial charge in [-0.15, -0.1) is 0 Å². The summed E-state index contributed by atoms with van der Waals surface area (Å²) in [4.78, 5) is 41.4. The standard InChI is InChI=1S/C39H49NO11/c1-7-11-29(27-22-34(47-4)37(49-6)35(23-27)48-5)38(43)40-19-9-8-14-30(40)39(44)51-31(26-12-10-13-28(21-26)50-24-36(41)42)17-15-25-16-18-32(45-2)33(20-25)46-3/h10,12-13,16,18,20-23,29-31H,7-9,11,14-15,17,19,24H2,1-6H3,(H,41,42)/t29-,30-,31+/m0/s1. The molecule has 1 amide bonds. The first-order valence-electron chi connectivity index (χ1n) is 17.1. The molecule has 0 unspecified atom stereocenters.